The Morgan fingerprint density at radius 3 is 2.54 bits per heavy atom. The van der Waals surface area contributed by atoms with Crippen LogP contribution in [0.5, 0.6) is 5.75 Å². The lowest BCUT2D eigenvalue weighted by Gasteiger charge is -2.28. The Morgan fingerprint density at radius 1 is 1.18 bits per heavy atom. The van der Waals surface area contributed by atoms with Crippen LogP contribution in [0.3, 0.4) is 0 Å². The molecule has 5 nitrogen and oxygen atoms in total. The summed E-state index contributed by atoms with van der Waals surface area (Å²) in [6, 6.07) is 14.7. The minimum atomic E-state index is -2.86. The van der Waals surface area contributed by atoms with E-state index in [1.165, 1.54) is 12.1 Å². The number of halogens is 2. The monoisotopic (exact) mass is 389 g/mol. The molecule has 1 heterocycles. The molecular weight excluding hydrogens is 364 g/mol. The summed E-state index contributed by atoms with van der Waals surface area (Å²) < 4.78 is 29.4. The number of unbranched alkanes of at least 4 members (excludes halogenated alkanes) is 1. The summed E-state index contributed by atoms with van der Waals surface area (Å²) in [5.41, 5.74) is 8.38. The van der Waals surface area contributed by atoms with Crippen molar-refractivity contribution >= 4 is 5.96 Å². The van der Waals surface area contributed by atoms with E-state index in [0.29, 0.717) is 12.5 Å². The Balaban J connectivity index is 1.97. The van der Waals surface area contributed by atoms with E-state index in [1.807, 2.05) is 24.1 Å². The first-order chi connectivity index (χ1) is 13.4. The Labute approximate surface area is 163 Å². The van der Waals surface area contributed by atoms with Crippen LogP contribution in [0.15, 0.2) is 53.5 Å². The van der Waals surface area contributed by atoms with Crippen LogP contribution in [-0.2, 0) is 12.0 Å². The highest BCUT2D eigenvalue weighted by Gasteiger charge is 2.40. The van der Waals surface area contributed by atoms with Crippen molar-refractivity contribution in [3.05, 3.63) is 65.2 Å². The molecule has 0 fully saturated rings. The molecule has 3 rings (SSSR count). The van der Waals surface area contributed by atoms with Crippen LogP contribution in [-0.4, -0.2) is 42.8 Å². The first kappa shape index (κ1) is 20.1. The zero-order valence-corrected chi connectivity index (χ0v) is 15.8. The third kappa shape index (κ3) is 4.25. The van der Waals surface area contributed by atoms with Crippen LogP contribution < -0.4 is 10.5 Å². The van der Waals surface area contributed by atoms with Gasteiger partial charge in [-0.3, -0.25) is 0 Å². The van der Waals surface area contributed by atoms with E-state index in [9.17, 15) is 8.78 Å². The number of alkyl halides is 2. The topological polar surface area (TPSA) is 71.1 Å². The molecule has 1 atom stereocenters. The number of aryl methyl sites for hydroxylation is 1. The number of nitrogens with two attached hydrogens (primary N) is 1. The Hall–Kier alpha value is -2.67. The number of aliphatic imine (C=N–C) groups is 1. The van der Waals surface area contributed by atoms with Crippen molar-refractivity contribution in [3.63, 3.8) is 0 Å². The highest BCUT2D eigenvalue weighted by molar-refractivity contribution is 5.81. The largest absolute Gasteiger partial charge is 0.435 e. The lowest BCUT2D eigenvalue weighted by Crippen LogP contribution is -2.34. The van der Waals surface area contributed by atoms with Crippen LogP contribution in [0.1, 0.15) is 29.5 Å². The van der Waals surface area contributed by atoms with Crippen LogP contribution in [0.25, 0.3) is 0 Å². The molecule has 1 aliphatic rings. The quantitative estimate of drug-likeness (QED) is 0.681. The van der Waals surface area contributed by atoms with Gasteiger partial charge in [0.2, 0.25) is 0 Å². The molecule has 1 unspecified atom stereocenters. The predicted octanol–water partition coefficient (Wildman–Crippen LogP) is 3.11. The summed E-state index contributed by atoms with van der Waals surface area (Å²) in [6.45, 7) is -2.13. The molecule has 0 saturated carbocycles. The summed E-state index contributed by atoms with van der Waals surface area (Å²) in [5, 5.41) is 9.00. The number of hydrogen-bond acceptors (Lipinski definition) is 5. The minimum Gasteiger partial charge on any atom is -0.435 e. The van der Waals surface area contributed by atoms with Crippen molar-refractivity contribution in [2.24, 2.45) is 10.7 Å². The van der Waals surface area contributed by atoms with Gasteiger partial charge in [-0.2, -0.15) is 8.78 Å². The number of nitrogens with zero attached hydrogens (tertiary/aromatic N) is 2. The molecule has 0 radical (unpaired) electrons. The van der Waals surface area contributed by atoms with Gasteiger partial charge in [-0.25, -0.2) is 4.99 Å². The highest BCUT2D eigenvalue weighted by Crippen LogP contribution is 2.39. The van der Waals surface area contributed by atoms with Crippen molar-refractivity contribution in [1.29, 1.82) is 0 Å². The molecule has 0 aromatic heterocycles. The molecule has 2 aromatic rings. The van der Waals surface area contributed by atoms with Crippen molar-refractivity contribution < 1.29 is 18.6 Å². The second-order valence-corrected chi connectivity index (χ2v) is 6.97. The van der Waals surface area contributed by atoms with Gasteiger partial charge in [-0.15, -0.1) is 0 Å². The van der Waals surface area contributed by atoms with Gasteiger partial charge in [-0.1, -0.05) is 36.4 Å². The summed E-state index contributed by atoms with van der Waals surface area (Å²) >= 11 is 0. The average Bonchev–Trinajstić information content (AvgIpc) is 2.98. The molecule has 28 heavy (non-hydrogen) atoms. The summed E-state index contributed by atoms with van der Waals surface area (Å²) in [6.07, 6.45) is 2.52. The van der Waals surface area contributed by atoms with Gasteiger partial charge < -0.3 is 20.5 Å². The molecule has 0 bridgehead atoms. The lowest BCUT2D eigenvalue weighted by molar-refractivity contribution is -0.0498. The Morgan fingerprint density at radius 2 is 1.93 bits per heavy atom. The molecule has 0 saturated heterocycles. The minimum absolute atomic E-state index is 0.106. The summed E-state index contributed by atoms with van der Waals surface area (Å²) in [4.78, 5) is 6.64. The molecule has 3 N–H and O–H groups in total. The van der Waals surface area contributed by atoms with Gasteiger partial charge in [0, 0.05) is 13.7 Å². The van der Waals surface area contributed by atoms with E-state index < -0.39 is 12.2 Å². The summed E-state index contributed by atoms with van der Waals surface area (Å²) in [7, 11) is 1.87. The van der Waals surface area contributed by atoms with Crippen LogP contribution >= 0.6 is 0 Å². The normalized spacial score (nSPS) is 19.2. The fourth-order valence-electron chi connectivity index (χ4n) is 3.56. The van der Waals surface area contributed by atoms with E-state index in [1.54, 1.807) is 12.1 Å². The third-order valence-electron chi connectivity index (χ3n) is 5.00. The highest BCUT2D eigenvalue weighted by atomic mass is 19.3. The van der Waals surface area contributed by atoms with Gasteiger partial charge in [0.05, 0.1) is 6.54 Å². The van der Waals surface area contributed by atoms with E-state index in [-0.39, 0.29) is 12.4 Å². The van der Waals surface area contributed by atoms with Gasteiger partial charge in [0.25, 0.3) is 0 Å². The number of aliphatic hydroxyl groups excluding tert-OH is 1. The third-order valence-corrected chi connectivity index (χ3v) is 5.00. The number of guanidine groups is 1. The van der Waals surface area contributed by atoms with E-state index in [0.717, 1.165) is 36.0 Å². The molecule has 0 amide bonds. The number of benzene rings is 2. The molecule has 150 valence electrons. The fraction of sp³-hybridized carbons (Fsp3) is 0.381. The zero-order valence-electron chi connectivity index (χ0n) is 15.8. The predicted molar refractivity (Wildman–Crippen MR) is 105 cm³/mol. The zero-order chi connectivity index (χ0) is 20.1. The van der Waals surface area contributed by atoms with E-state index in [4.69, 9.17) is 15.8 Å². The van der Waals surface area contributed by atoms with Gasteiger partial charge in [-0.05, 0) is 48.1 Å². The number of ether oxygens (including phenoxy) is 1. The van der Waals surface area contributed by atoms with Crippen LogP contribution in [0, 0.1) is 0 Å². The first-order valence-electron chi connectivity index (χ1n) is 9.27. The Bertz CT molecular complexity index is 827. The van der Waals surface area contributed by atoms with Crippen molar-refractivity contribution in [3.8, 4) is 5.75 Å². The van der Waals surface area contributed by atoms with Gasteiger partial charge in [0.1, 0.15) is 11.3 Å². The molecular formula is C21H25F2N3O2. The van der Waals surface area contributed by atoms with Crippen LogP contribution in [0.4, 0.5) is 8.78 Å². The maximum absolute atomic E-state index is 12.5. The fourth-order valence-corrected chi connectivity index (χ4v) is 3.56. The molecule has 1 aliphatic heterocycles. The standard InChI is InChI=1S/C21H25F2N3O2/c1-26-14-21(25-20(26)24,16-8-10-18(11-9-16)28-19(22)23)17-7-4-6-15(13-17)5-2-3-12-27/h4,6-11,13,19,27H,2-3,5,12,14H2,1H3,(H2,24,25). The lowest BCUT2D eigenvalue weighted by atomic mass is 9.82. The summed E-state index contributed by atoms with van der Waals surface area (Å²) in [5.74, 6) is 0.536. The van der Waals surface area contributed by atoms with Crippen molar-refractivity contribution in [2.45, 2.75) is 31.4 Å². The van der Waals surface area contributed by atoms with Gasteiger partial charge in [0.15, 0.2) is 5.96 Å². The van der Waals surface area contributed by atoms with Gasteiger partial charge >= 0.3 is 6.61 Å². The van der Waals surface area contributed by atoms with Crippen molar-refractivity contribution in [2.75, 3.05) is 20.2 Å². The second-order valence-electron chi connectivity index (χ2n) is 6.97. The number of likely N-dealkylation sites (N-methyl/N-ethyl adjacent to an activating group) is 1. The first-order valence-corrected chi connectivity index (χ1v) is 9.27. The van der Waals surface area contributed by atoms with E-state index >= 15 is 0 Å². The molecule has 7 heteroatoms. The smallest absolute Gasteiger partial charge is 0.387 e. The molecule has 0 aliphatic carbocycles. The number of aliphatic hydroxyl groups is 1. The average molecular weight is 389 g/mol. The SMILES string of the molecule is CN1CC(c2ccc(OC(F)F)cc2)(c2cccc(CCCCO)c2)N=C1N. The number of rotatable bonds is 8. The molecule has 2 aromatic carbocycles. The second kappa shape index (κ2) is 8.56. The van der Waals surface area contributed by atoms with Crippen LogP contribution in [0.2, 0.25) is 0 Å². The molecule has 0 spiro atoms. The van der Waals surface area contributed by atoms with E-state index in [2.05, 4.69) is 16.9 Å². The van der Waals surface area contributed by atoms with Crippen molar-refractivity contribution in [1.82, 2.24) is 4.90 Å². The Kier molecular flexibility index (Phi) is 6.14. The maximum Gasteiger partial charge on any atom is 0.387 e. The number of hydrogen-bond donors (Lipinski definition) is 2. The maximum atomic E-state index is 12.5.